The maximum absolute atomic E-state index is 13.4. The van der Waals surface area contributed by atoms with Crippen molar-refractivity contribution in [2.45, 2.75) is 12.5 Å². The third-order valence-corrected chi connectivity index (χ3v) is 2.80. The minimum absolute atomic E-state index is 0.128. The molecule has 0 spiro atoms. The average molecular weight is 264 g/mol. The number of hydrogen-bond donors (Lipinski definition) is 1. The molecule has 0 fully saturated rings. The maximum atomic E-state index is 13.4. The van der Waals surface area contributed by atoms with Crippen LogP contribution in [0.25, 0.3) is 0 Å². The number of hydrogen-bond acceptors (Lipinski definition) is 2. The molecule has 2 N–H and O–H groups in total. The van der Waals surface area contributed by atoms with Gasteiger partial charge in [-0.3, -0.25) is 0 Å². The van der Waals surface area contributed by atoms with Gasteiger partial charge >= 0.3 is 0 Å². The fraction of sp³-hybridized carbons (Fsp3) is 0.333. The van der Waals surface area contributed by atoms with Crippen LogP contribution in [-0.4, -0.2) is 6.61 Å². The smallest absolute Gasteiger partial charge is 0.167 e. The van der Waals surface area contributed by atoms with E-state index in [9.17, 15) is 8.78 Å². The van der Waals surface area contributed by atoms with Crippen LogP contribution >= 0.6 is 15.9 Å². The van der Waals surface area contributed by atoms with Crippen molar-refractivity contribution in [1.82, 2.24) is 0 Å². The van der Waals surface area contributed by atoms with Gasteiger partial charge in [0.2, 0.25) is 0 Å². The molecule has 1 aromatic carbocycles. The van der Waals surface area contributed by atoms with Gasteiger partial charge in [0.1, 0.15) is 5.75 Å². The van der Waals surface area contributed by atoms with Crippen molar-refractivity contribution >= 4 is 15.9 Å². The standard InChI is InChI=1S/C9H8BrF2NO/c10-4-3-5(11)8(12)7-6(13)1-2-14-9(4)7/h3,6H,1-2,13H2/t6-/m1/s1. The summed E-state index contributed by atoms with van der Waals surface area (Å²) < 4.78 is 32.0. The van der Waals surface area contributed by atoms with E-state index >= 15 is 0 Å². The molecule has 1 aliphatic heterocycles. The third kappa shape index (κ3) is 1.40. The van der Waals surface area contributed by atoms with Gasteiger partial charge in [0.05, 0.1) is 16.6 Å². The van der Waals surface area contributed by atoms with Crippen molar-refractivity contribution in [3.8, 4) is 5.75 Å². The maximum Gasteiger partial charge on any atom is 0.167 e. The Hall–Kier alpha value is -0.680. The van der Waals surface area contributed by atoms with E-state index in [1.54, 1.807) is 0 Å². The SMILES string of the molecule is N[C@@H]1CCOc2c(Br)cc(F)c(F)c21. The second-order valence-corrected chi connectivity index (χ2v) is 3.99. The Kier molecular flexibility index (Phi) is 2.45. The average Bonchev–Trinajstić information content (AvgIpc) is 2.14. The minimum Gasteiger partial charge on any atom is -0.492 e. The van der Waals surface area contributed by atoms with Crippen LogP contribution in [0, 0.1) is 11.6 Å². The molecule has 2 nitrogen and oxygen atoms in total. The van der Waals surface area contributed by atoms with Crippen LogP contribution in [0.15, 0.2) is 10.5 Å². The summed E-state index contributed by atoms with van der Waals surface area (Å²) in [5.41, 5.74) is 5.81. The van der Waals surface area contributed by atoms with Crippen LogP contribution in [0.2, 0.25) is 0 Å². The third-order valence-electron chi connectivity index (χ3n) is 2.21. The molecule has 14 heavy (non-hydrogen) atoms. The molecule has 0 aromatic heterocycles. The van der Waals surface area contributed by atoms with E-state index in [2.05, 4.69) is 15.9 Å². The van der Waals surface area contributed by atoms with Gasteiger partial charge in [0, 0.05) is 12.5 Å². The summed E-state index contributed by atoms with van der Waals surface area (Å²) in [5, 5.41) is 0. The van der Waals surface area contributed by atoms with Gasteiger partial charge in [-0.1, -0.05) is 0 Å². The summed E-state index contributed by atoms with van der Waals surface area (Å²) in [6.07, 6.45) is 0.500. The summed E-state index contributed by atoms with van der Waals surface area (Å²) in [6.45, 7) is 0.428. The summed E-state index contributed by atoms with van der Waals surface area (Å²) in [5.74, 6) is -1.49. The molecule has 1 aliphatic rings. The zero-order valence-corrected chi connectivity index (χ0v) is 8.77. The minimum atomic E-state index is -0.907. The largest absolute Gasteiger partial charge is 0.492 e. The molecule has 76 valence electrons. The first kappa shape index (κ1) is 9.86. The van der Waals surface area contributed by atoms with E-state index in [0.29, 0.717) is 23.2 Å². The van der Waals surface area contributed by atoms with Gasteiger partial charge in [0.15, 0.2) is 11.6 Å². The summed E-state index contributed by atoms with van der Waals surface area (Å²) in [4.78, 5) is 0. The van der Waals surface area contributed by atoms with Crippen LogP contribution in [-0.2, 0) is 0 Å². The number of nitrogens with two attached hydrogens (primary N) is 1. The fourth-order valence-electron chi connectivity index (χ4n) is 1.51. The Morgan fingerprint density at radius 3 is 2.93 bits per heavy atom. The molecule has 5 heteroatoms. The van der Waals surface area contributed by atoms with E-state index in [-0.39, 0.29) is 5.56 Å². The lowest BCUT2D eigenvalue weighted by Gasteiger charge is -2.24. The van der Waals surface area contributed by atoms with E-state index < -0.39 is 17.7 Å². The van der Waals surface area contributed by atoms with Gasteiger partial charge in [-0.2, -0.15) is 0 Å². The number of ether oxygens (including phenoxy) is 1. The highest BCUT2D eigenvalue weighted by Crippen LogP contribution is 2.39. The zero-order valence-electron chi connectivity index (χ0n) is 7.19. The van der Waals surface area contributed by atoms with Crippen LogP contribution < -0.4 is 10.5 Å². The van der Waals surface area contributed by atoms with Crippen LogP contribution in [0.4, 0.5) is 8.78 Å². The molecule has 0 unspecified atom stereocenters. The van der Waals surface area contributed by atoms with Gasteiger partial charge in [-0.25, -0.2) is 8.78 Å². The molecule has 0 aliphatic carbocycles. The summed E-state index contributed by atoms with van der Waals surface area (Å²) >= 11 is 3.11. The molecule has 1 heterocycles. The van der Waals surface area contributed by atoms with Crippen LogP contribution in [0.3, 0.4) is 0 Å². The summed E-state index contributed by atoms with van der Waals surface area (Å²) in [6, 6.07) is 0.553. The lowest BCUT2D eigenvalue weighted by atomic mass is 10.0. The molecule has 0 amide bonds. The van der Waals surface area contributed by atoms with Crippen molar-refractivity contribution in [2.75, 3.05) is 6.61 Å². The Morgan fingerprint density at radius 2 is 2.21 bits per heavy atom. The molecule has 0 saturated carbocycles. The molecule has 0 saturated heterocycles. The Morgan fingerprint density at radius 1 is 1.50 bits per heavy atom. The lowest BCUT2D eigenvalue weighted by Crippen LogP contribution is -2.22. The Labute approximate surface area is 88.2 Å². The van der Waals surface area contributed by atoms with Gasteiger partial charge in [-0.05, 0) is 22.0 Å². The second-order valence-electron chi connectivity index (χ2n) is 3.14. The van der Waals surface area contributed by atoms with Crippen molar-refractivity contribution < 1.29 is 13.5 Å². The van der Waals surface area contributed by atoms with E-state index in [0.717, 1.165) is 6.07 Å². The molecule has 0 bridgehead atoms. The lowest BCUT2D eigenvalue weighted by molar-refractivity contribution is 0.259. The van der Waals surface area contributed by atoms with Crippen LogP contribution in [0.1, 0.15) is 18.0 Å². The zero-order chi connectivity index (χ0) is 10.3. The fourth-order valence-corrected chi connectivity index (χ4v) is 2.04. The highest BCUT2D eigenvalue weighted by molar-refractivity contribution is 9.10. The van der Waals surface area contributed by atoms with E-state index in [4.69, 9.17) is 10.5 Å². The predicted molar refractivity (Wildman–Crippen MR) is 51.1 cm³/mol. The predicted octanol–water partition coefficient (Wildman–Crippen LogP) is 2.51. The molecule has 1 atom stereocenters. The first-order valence-electron chi connectivity index (χ1n) is 4.17. The number of benzene rings is 1. The Bertz CT molecular complexity index is 384. The molecular formula is C9H8BrF2NO. The number of halogens is 3. The van der Waals surface area contributed by atoms with E-state index in [1.807, 2.05) is 0 Å². The van der Waals surface area contributed by atoms with Crippen molar-refractivity contribution in [3.63, 3.8) is 0 Å². The number of fused-ring (bicyclic) bond motifs is 1. The van der Waals surface area contributed by atoms with Crippen molar-refractivity contribution in [1.29, 1.82) is 0 Å². The van der Waals surface area contributed by atoms with Crippen molar-refractivity contribution in [2.24, 2.45) is 5.73 Å². The van der Waals surface area contributed by atoms with Gasteiger partial charge in [0.25, 0.3) is 0 Å². The van der Waals surface area contributed by atoms with Crippen LogP contribution in [0.5, 0.6) is 5.75 Å². The molecule has 1 aromatic rings. The van der Waals surface area contributed by atoms with E-state index in [1.165, 1.54) is 0 Å². The molecule has 2 rings (SSSR count). The molecular weight excluding hydrogens is 256 g/mol. The molecule has 0 radical (unpaired) electrons. The highest BCUT2D eigenvalue weighted by atomic mass is 79.9. The second kappa shape index (κ2) is 3.47. The highest BCUT2D eigenvalue weighted by Gasteiger charge is 2.26. The Balaban J connectivity index is 2.67. The first-order valence-corrected chi connectivity index (χ1v) is 4.96. The topological polar surface area (TPSA) is 35.2 Å². The summed E-state index contributed by atoms with van der Waals surface area (Å²) in [7, 11) is 0. The van der Waals surface area contributed by atoms with Gasteiger partial charge in [-0.15, -0.1) is 0 Å². The monoisotopic (exact) mass is 263 g/mol. The van der Waals surface area contributed by atoms with Crippen molar-refractivity contribution in [3.05, 3.63) is 27.7 Å². The van der Waals surface area contributed by atoms with Gasteiger partial charge < -0.3 is 10.5 Å². The quantitative estimate of drug-likeness (QED) is 0.731. The number of rotatable bonds is 0. The normalized spacial score (nSPS) is 20.1. The first-order chi connectivity index (χ1) is 6.61.